The molecule has 0 bridgehead atoms. The number of benzene rings is 1. The van der Waals surface area contributed by atoms with Crippen LogP contribution in [0.3, 0.4) is 0 Å². The van der Waals surface area contributed by atoms with E-state index in [-0.39, 0.29) is 5.56 Å². The molecule has 1 aliphatic carbocycles. The van der Waals surface area contributed by atoms with Gasteiger partial charge in [-0.3, -0.25) is 9.52 Å². The maximum absolute atomic E-state index is 13.4. The van der Waals surface area contributed by atoms with Gasteiger partial charge in [0.15, 0.2) is 0 Å². The highest BCUT2D eigenvalue weighted by Gasteiger charge is 2.46. The van der Waals surface area contributed by atoms with Crippen LogP contribution in [-0.2, 0) is 14.8 Å². The van der Waals surface area contributed by atoms with Crippen molar-refractivity contribution in [1.82, 2.24) is 4.72 Å². The van der Waals surface area contributed by atoms with Gasteiger partial charge in [-0.1, -0.05) is 0 Å². The lowest BCUT2D eigenvalue weighted by molar-refractivity contribution is -0.120. The van der Waals surface area contributed by atoms with Crippen LogP contribution >= 0.6 is 0 Å². The van der Waals surface area contributed by atoms with E-state index in [9.17, 15) is 22.0 Å². The van der Waals surface area contributed by atoms with Crippen LogP contribution in [0, 0.1) is 17.6 Å². The first kappa shape index (κ1) is 12.9. The third-order valence-electron chi connectivity index (χ3n) is 2.77. The predicted molar refractivity (Wildman–Crippen MR) is 60.2 cm³/mol. The Balaban J connectivity index is 2.11. The molecule has 2 rings (SSSR count). The number of carbonyl (C=O) groups excluding carboxylic acids is 1. The zero-order valence-corrected chi connectivity index (χ0v) is 10.3. The van der Waals surface area contributed by atoms with Crippen LogP contribution in [0.4, 0.5) is 8.78 Å². The largest absolute Gasteiger partial charge is 0.274 e. The monoisotopic (exact) mass is 275 g/mol. The predicted octanol–water partition coefficient (Wildman–Crippen LogP) is 1.14. The fourth-order valence-electron chi connectivity index (χ4n) is 1.89. The van der Waals surface area contributed by atoms with Crippen molar-refractivity contribution in [2.45, 2.75) is 12.3 Å². The molecule has 7 heteroatoms. The van der Waals surface area contributed by atoms with Gasteiger partial charge < -0.3 is 0 Å². The molecule has 0 radical (unpaired) electrons. The van der Waals surface area contributed by atoms with Gasteiger partial charge >= 0.3 is 0 Å². The lowest BCUT2D eigenvalue weighted by atomic mass is 10.1. The highest BCUT2D eigenvalue weighted by atomic mass is 32.2. The quantitative estimate of drug-likeness (QED) is 0.900. The van der Waals surface area contributed by atoms with Crippen LogP contribution in [-0.4, -0.2) is 20.6 Å². The third kappa shape index (κ3) is 2.84. The molecule has 2 atom stereocenters. The van der Waals surface area contributed by atoms with E-state index in [1.54, 1.807) is 0 Å². The van der Waals surface area contributed by atoms with E-state index in [1.807, 2.05) is 4.72 Å². The van der Waals surface area contributed by atoms with E-state index in [1.165, 1.54) is 0 Å². The minimum absolute atomic E-state index is 0.114. The average molecular weight is 275 g/mol. The molecule has 0 spiro atoms. The van der Waals surface area contributed by atoms with Crippen LogP contribution in [0.2, 0.25) is 0 Å². The van der Waals surface area contributed by atoms with E-state index < -0.39 is 39.4 Å². The van der Waals surface area contributed by atoms with Crippen LogP contribution in [0.15, 0.2) is 18.2 Å². The number of nitrogens with one attached hydrogen (secondary N) is 1. The Hall–Kier alpha value is -1.50. The summed E-state index contributed by atoms with van der Waals surface area (Å²) < 4.78 is 50.0. The normalized spacial score (nSPS) is 22.6. The summed E-state index contributed by atoms with van der Waals surface area (Å²) in [5.74, 6) is -2.92. The smallest absolute Gasteiger partial charge is 0.237 e. The van der Waals surface area contributed by atoms with Gasteiger partial charge in [0, 0.05) is 5.92 Å². The first-order chi connectivity index (χ1) is 8.28. The molecule has 1 fully saturated rings. The second-order valence-electron chi connectivity index (χ2n) is 4.35. The van der Waals surface area contributed by atoms with Crippen molar-refractivity contribution in [2.24, 2.45) is 5.92 Å². The van der Waals surface area contributed by atoms with Gasteiger partial charge in [-0.25, -0.2) is 17.2 Å². The van der Waals surface area contributed by atoms with Crippen LogP contribution < -0.4 is 4.72 Å². The van der Waals surface area contributed by atoms with Crippen molar-refractivity contribution < 1.29 is 22.0 Å². The number of hydrogen-bond donors (Lipinski definition) is 1. The van der Waals surface area contributed by atoms with E-state index in [0.717, 1.165) is 24.5 Å². The summed E-state index contributed by atoms with van der Waals surface area (Å²) in [6.07, 6.45) is 1.19. The summed E-state index contributed by atoms with van der Waals surface area (Å²) in [7, 11) is -3.62. The van der Waals surface area contributed by atoms with Crippen molar-refractivity contribution in [3.63, 3.8) is 0 Å². The Morgan fingerprint density at radius 1 is 1.39 bits per heavy atom. The van der Waals surface area contributed by atoms with Crippen LogP contribution in [0.1, 0.15) is 17.9 Å². The molecule has 1 aromatic rings. The zero-order valence-electron chi connectivity index (χ0n) is 9.48. The van der Waals surface area contributed by atoms with E-state index in [2.05, 4.69) is 0 Å². The Labute approximate surface area is 103 Å². The molecular formula is C11H11F2NO3S. The molecule has 1 N–H and O–H groups in total. The Bertz CT molecular complexity index is 600. The summed E-state index contributed by atoms with van der Waals surface area (Å²) >= 11 is 0. The fraction of sp³-hybridized carbons (Fsp3) is 0.364. The molecule has 18 heavy (non-hydrogen) atoms. The van der Waals surface area contributed by atoms with E-state index >= 15 is 0 Å². The second-order valence-corrected chi connectivity index (χ2v) is 6.10. The SMILES string of the molecule is CS(=O)(=O)NC(=O)C1CC1c1cc(F)ccc1F. The summed E-state index contributed by atoms with van der Waals surface area (Å²) in [4.78, 5) is 11.5. The highest BCUT2D eigenvalue weighted by molar-refractivity contribution is 7.89. The number of amides is 1. The van der Waals surface area contributed by atoms with Gasteiger partial charge in [-0.2, -0.15) is 0 Å². The molecule has 2 unspecified atom stereocenters. The molecule has 0 saturated heterocycles. The molecule has 1 aromatic carbocycles. The first-order valence-corrected chi connectivity index (χ1v) is 7.13. The van der Waals surface area contributed by atoms with Gasteiger partial charge in [0.2, 0.25) is 15.9 Å². The average Bonchev–Trinajstić information content (AvgIpc) is 2.99. The molecular weight excluding hydrogens is 264 g/mol. The first-order valence-electron chi connectivity index (χ1n) is 5.24. The maximum Gasteiger partial charge on any atom is 0.237 e. The number of sulfonamides is 1. The van der Waals surface area contributed by atoms with Crippen molar-refractivity contribution in [1.29, 1.82) is 0 Å². The van der Waals surface area contributed by atoms with Crippen LogP contribution in [0.5, 0.6) is 0 Å². The lowest BCUT2D eigenvalue weighted by Crippen LogP contribution is -2.30. The standard InChI is InChI=1S/C11H11F2NO3S/c1-18(16,17)14-11(15)9-5-7(9)8-4-6(12)2-3-10(8)13/h2-4,7,9H,5H2,1H3,(H,14,15). The fourth-order valence-corrected chi connectivity index (χ4v) is 2.40. The minimum Gasteiger partial charge on any atom is -0.274 e. The number of hydrogen-bond acceptors (Lipinski definition) is 3. The minimum atomic E-state index is -3.62. The Morgan fingerprint density at radius 2 is 2.06 bits per heavy atom. The van der Waals surface area contributed by atoms with Crippen molar-refractivity contribution in [3.8, 4) is 0 Å². The highest BCUT2D eigenvalue weighted by Crippen LogP contribution is 2.48. The van der Waals surface area contributed by atoms with Gasteiger partial charge in [-0.15, -0.1) is 0 Å². The molecule has 1 amide bonds. The van der Waals surface area contributed by atoms with Crippen molar-refractivity contribution >= 4 is 15.9 Å². The summed E-state index contributed by atoms with van der Waals surface area (Å²) in [6.45, 7) is 0. The molecule has 98 valence electrons. The second kappa shape index (κ2) is 4.31. The van der Waals surface area contributed by atoms with E-state index in [4.69, 9.17) is 0 Å². The molecule has 0 aliphatic heterocycles. The summed E-state index contributed by atoms with van der Waals surface area (Å²) in [6, 6.07) is 3.02. The number of carbonyl (C=O) groups is 1. The van der Waals surface area contributed by atoms with Crippen molar-refractivity contribution in [3.05, 3.63) is 35.4 Å². The molecule has 1 saturated carbocycles. The maximum atomic E-state index is 13.4. The van der Waals surface area contributed by atoms with Gasteiger partial charge in [-0.05, 0) is 36.1 Å². The zero-order chi connectivity index (χ0) is 13.5. The van der Waals surface area contributed by atoms with Crippen LogP contribution in [0.25, 0.3) is 0 Å². The molecule has 0 aromatic heterocycles. The molecule has 1 aliphatic rings. The summed E-state index contributed by atoms with van der Waals surface area (Å²) in [5, 5.41) is 0. The molecule has 4 nitrogen and oxygen atoms in total. The van der Waals surface area contributed by atoms with Gasteiger partial charge in [0.25, 0.3) is 0 Å². The lowest BCUT2D eigenvalue weighted by Gasteiger charge is -2.03. The Morgan fingerprint density at radius 3 is 2.67 bits per heavy atom. The van der Waals surface area contributed by atoms with Crippen molar-refractivity contribution in [2.75, 3.05) is 6.26 Å². The Kier molecular flexibility index (Phi) is 3.10. The van der Waals surface area contributed by atoms with Gasteiger partial charge in [0.1, 0.15) is 11.6 Å². The number of halogens is 2. The third-order valence-corrected chi connectivity index (χ3v) is 3.34. The summed E-state index contributed by atoms with van der Waals surface area (Å²) in [5.41, 5.74) is 0.114. The van der Waals surface area contributed by atoms with E-state index in [0.29, 0.717) is 6.42 Å². The molecule has 0 heterocycles. The van der Waals surface area contributed by atoms with Gasteiger partial charge in [0.05, 0.1) is 6.26 Å². The number of rotatable bonds is 3. The topological polar surface area (TPSA) is 63.2 Å².